The van der Waals surface area contributed by atoms with Crippen molar-refractivity contribution in [2.24, 2.45) is 5.41 Å². The van der Waals surface area contributed by atoms with Gasteiger partial charge in [-0.05, 0) is 53.6 Å². The number of carbonyl (C=O) groups is 2. The Bertz CT molecular complexity index is 892. The maximum absolute atomic E-state index is 13.1. The summed E-state index contributed by atoms with van der Waals surface area (Å²) in [4.78, 5) is 24.5. The fraction of sp³-hybridized carbons (Fsp3) is 0.364. The summed E-state index contributed by atoms with van der Waals surface area (Å²) < 4.78 is 0. The molecular weight excluding hydrogens is 403 g/mol. The molecule has 2 aromatic rings. The van der Waals surface area contributed by atoms with Crippen LogP contribution in [-0.2, 0) is 14.5 Å². The zero-order valence-corrected chi connectivity index (χ0v) is 17.0. The second-order valence-electron chi connectivity index (χ2n) is 7.77. The lowest BCUT2D eigenvalue weighted by Gasteiger charge is -2.39. The summed E-state index contributed by atoms with van der Waals surface area (Å²) >= 11 is 19.1. The van der Waals surface area contributed by atoms with Crippen LogP contribution >= 0.6 is 34.8 Å². The van der Waals surface area contributed by atoms with Gasteiger partial charge in [0, 0.05) is 28.5 Å². The van der Waals surface area contributed by atoms with Crippen LogP contribution in [0, 0.1) is 5.41 Å². The van der Waals surface area contributed by atoms with Gasteiger partial charge in [-0.3, -0.25) is 9.59 Å². The van der Waals surface area contributed by atoms with Gasteiger partial charge in [-0.1, -0.05) is 65.8 Å². The lowest BCUT2D eigenvalue weighted by molar-refractivity contribution is -0.138. The molecule has 4 rings (SSSR count). The number of hydrogen-bond donors (Lipinski definition) is 0. The standard InChI is InChI=1S/C22H19Cl3O2/c23-16-6-3-14(4-7-16)15-5-8-18(24)17(11-15)22(25)19(26)12-21(13-20(22)27)9-1-2-10-21/h3-8,11H,1-2,9-10,12-13H2. The van der Waals surface area contributed by atoms with Crippen LogP contribution in [0.2, 0.25) is 10.0 Å². The Morgan fingerprint density at radius 2 is 1.33 bits per heavy atom. The molecule has 2 aliphatic rings. The predicted molar refractivity (Wildman–Crippen MR) is 110 cm³/mol. The molecule has 0 heterocycles. The predicted octanol–water partition coefficient (Wildman–Crippen LogP) is 6.59. The minimum atomic E-state index is -1.69. The Kier molecular flexibility index (Phi) is 4.86. The van der Waals surface area contributed by atoms with E-state index in [1.807, 2.05) is 18.2 Å². The van der Waals surface area contributed by atoms with E-state index in [2.05, 4.69) is 0 Å². The van der Waals surface area contributed by atoms with Gasteiger partial charge in [0.1, 0.15) is 0 Å². The van der Waals surface area contributed by atoms with Crippen molar-refractivity contribution in [2.45, 2.75) is 43.4 Å². The van der Waals surface area contributed by atoms with E-state index in [4.69, 9.17) is 34.8 Å². The first-order valence-electron chi connectivity index (χ1n) is 9.16. The highest BCUT2D eigenvalue weighted by Crippen LogP contribution is 2.53. The van der Waals surface area contributed by atoms with Crippen LogP contribution < -0.4 is 0 Å². The number of benzene rings is 2. The number of alkyl halides is 1. The van der Waals surface area contributed by atoms with E-state index in [1.54, 1.807) is 24.3 Å². The fourth-order valence-corrected chi connectivity index (χ4v) is 5.26. The molecule has 0 atom stereocenters. The maximum atomic E-state index is 13.1. The van der Waals surface area contributed by atoms with E-state index >= 15 is 0 Å². The number of halogens is 3. The normalized spacial score (nSPS) is 21.0. The quantitative estimate of drug-likeness (QED) is 0.405. The van der Waals surface area contributed by atoms with Gasteiger partial charge < -0.3 is 0 Å². The smallest absolute Gasteiger partial charge is 0.187 e. The van der Waals surface area contributed by atoms with Gasteiger partial charge in [0.15, 0.2) is 16.4 Å². The van der Waals surface area contributed by atoms with Crippen LogP contribution in [-0.4, -0.2) is 11.6 Å². The van der Waals surface area contributed by atoms with Crippen LogP contribution in [0.3, 0.4) is 0 Å². The summed E-state index contributed by atoms with van der Waals surface area (Å²) in [5.41, 5.74) is 1.96. The third-order valence-electron chi connectivity index (χ3n) is 6.02. The van der Waals surface area contributed by atoms with Crippen LogP contribution in [0.4, 0.5) is 0 Å². The van der Waals surface area contributed by atoms with Crippen LogP contribution in [0.1, 0.15) is 44.1 Å². The molecule has 0 aromatic heterocycles. The molecule has 0 radical (unpaired) electrons. The summed E-state index contributed by atoms with van der Waals surface area (Å²) in [5, 5.41) is 0.980. The number of hydrogen-bond acceptors (Lipinski definition) is 2. The molecule has 2 saturated carbocycles. The third kappa shape index (κ3) is 3.22. The monoisotopic (exact) mass is 420 g/mol. The van der Waals surface area contributed by atoms with Crippen LogP contribution in [0.15, 0.2) is 42.5 Å². The van der Waals surface area contributed by atoms with Gasteiger partial charge in [0.25, 0.3) is 0 Å². The molecule has 2 fully saturated rings. The van der Waals surface area contributed by atoms with Crippen molar-refractivity contribution in [3.8, 4) is 11.1 Å². The summed E-state index contributed by atoms with van der Waals surface area (Å²) in [6.45, 7) is 0. The minimum Gasteiger partial charge on any atom is -0.297 e. The second-order valence-corrected chi connectivity index (χ2v) is 9.18. The Labute approximate surface area is 173 Å². The van der Waals surface area contributed by atoms with Gasteiger partial charge in [0.05, 0.1) is 0 Å². The summed E-state index contributed by atoms with van der Waals surface area (Å²) in [6, 6.07) is 12.7. The molecule has 5 heteroatoms. The molecule has 0 N–H and O–H groups in total. The molecule has 0 aliphatic heterocycles. The minimum absolute atomic E-state index is 0.188. The Balaban J connectivity index is 1.75. The highest BCUT2D eigenvalue weighted by atomic mass is 35.5. The van der Waals surface area contributed by atoms with Gasteiger partial charge in [-0.2, -0.15) is 0 Å². The van der Waals surface area contributed by atoms with Crippen molar-refractivity contribution in [3.63, 3.8) is 0 Å². The van der Waals surface area contributed by atoms with Crippen molar-refractivity contribution < 1.29 is 9.59 Å². The molecule has 2 nitrogen and oxygen atoms in total. The number of rotatable bonds is 2. The number of ketones is 2. The van der Waals surface area contributed by atoms with E-state index < -0.39 is 4.87 Å². The van der Waals surface area contributed by atoms with Crippen molar-refractivity contribution in [3.05, 3.63) is 58.1 Å². The lowest BCUT2D eigenvalue weighted by Crippen LogP contribution is -2.48. The highest BCUT2D eigenvalue weighted by Gasteiger charge is 2.55. The first-order chi connectivity index (χ1) is 12.8. The molecule has 0 bridgehead atoms. The summed E-state index contributed by atoms with van der Waals surface area (Å²) in [5.74, 6) is -0.449. The Morgan fingerprint density at radius 1 is 0.778 bits per heavy atom. The van der Waals surface area contributed by atoms with Crippen LogP contribution in [0.25, 0.3) is 11.1 Å². The molecule has 0 saturated heterocycles. The SMILES string of the molecule is O=C1CC2(CCCC2)CC(=O)C1(Cl)c1cc(-c2ccc(Cl)cc2)ccc1Cl. The zero-order chi connectivity index (χ0) is 19.2. The Hall–Kier alpha value is -1.35. The molecule has 27 heavy (non-hydrogen) atoms. The molecule has 140 valence electrons. The first kappa shape index (κ1) is 19.0. The maximum Gasteiger partial charge on any atom is 0.187 e. The molecule has 0 unspecified atom stereocenters. The largest absolute Gasteiger partial charge is 0.297 e. The molecular formula is C22H19Cl3O2. The molecule has 1 spiro atoms. The zero-order valence-electron chi connectivity index (χ0n) is 14.7. The average molecular weight is 422 g/mol. The molecule has 2 aromatic carbocycles. The summed E-state index contributed by atoms with van der Waals surface area (Å²) in [7, 11) is 0. The van der Waals surface area contributed by atoms with E-state index in [-0.39, 0.29) is 17.0 Å². The molecule has 0 amide bonds. The fourth-order valence-electron chi connectivity index (χ4n) is 4.53. The topological polar surface area (TPSA) is 34.1 Å². The van der Waals surface area contributed by atoms with E-state index in [0.717, 1.165) is 36.8 Å². The highest BCUT2D eigenvalue weighted by molar-refractivity contribution is 6.48. The van der Waals surface area contributed by atoms with E-state index in [0.29, 0.717) is 28.5 Å². The molecule has 2 aliphatic carbocycles. The van der Waals surface area contributed by atoms with Gasteiger partial charge >= 0.3 is 0 Å². The van der Waals surface area contributed by atoms with Crippen molar-refractivity contribution in [1.29, 1.82) is 0 Å². The lowest BCUT2D eigenvalue weighted by atomic mass is 9.66. The summed E-state index contributed by atoms with van der Waals surface area (Å²) in [6.07, 6.45) is 4.70. The van der Waals surface area contributed by atoms with Crippen LogP contribution in [0.5, 0.6) is 0 Å². The van der Waals surface area contributed by atoms with Crippen molar-refractivity contribution in [2.75, 3.05) is 0 Å². The average Bonchev–Trinajstić information content (AvgIpc) is 3.08. The third-order valence-corrected chi connectivity index (χ3v) is 7.23. The van der Waals surface area contributed by atoms with E-state index in [9.17, 15) is 9.59 Å². The number of Topliss-reactive ketones (excluding diaryl/α,β-unsaturated/α-hetero) is 2. The number of carbonyl (C=O) groups excluding carboxylic acids is 2. The van der Waals surface area contributed by atoms with Crippen molar-refractivity contribution in [1.82, 2.24) is 0 Å². The second kappa shape index (κ2) is 6.92. The van der Waals surface area contributed by atoms with Gasteiger partial charge in [-0.15, -0.1) is 0 Å². The van der Waals surface area contributed by atoms with Crippen molar-refractivity contribution >= 4 is 46.4 Å². The van der Waals surface area contributed by atoms with E-state index in [1.165, 1.54) is 0 Å². The Morgan fingerprint density at radius 3 is 1.93 bits per heavy atom. The first-order valence-corrected chi connectivity index (χ1v) is 10.3. The van der Waals surface area contributed by atoms with Gasteiger partial charge in [0.2, 0.25) is 0 Å². The van der Waals surface area contributed by atoms with Gasteiger partial charge in [-0.25, -0.2) is 0 Å².